The smallest absolute Gasteiger partial charge is 0.0897 e. The van der Waals surface area contributed by atoms with Gasteiger partial charge in [0, 0.05) is 18.1 Å². The average molecular weight is 323 g/mol. The predicted molar refractivity (Wildman–Crippen MR) is 95.6 cm³/mol. The zero-order chi connectivity index (χ0) is 16.2. The second kappa shape index (κ2) is 7.02. The molecule has 4 heteroatoms. The highest BCUT2D eigenvalue weighted by molar-refractivity contribution is 7.09. The summed E-state index contributed by atoms with van der Waals surface area (Å²) in [5, 5.41) is 3.24. The standard InChI is InChI=1S/C19H21N3S/c1-14-7-9-16(10-8-14)19(18-6-4-5-11-20-18)22(3)12-17-13-23-15(2)21-17/h4-11,13,19H,12H2,1-3H3/t19-/m0/s1. The molecule has 0 unspecified atom stereocenters. The minimum atomic E-state index is 0.124. The van der Waals surface area contributed by atoms with Gasteiger partial charge in [-0.15, -0.1) is 11.3 Å². The van der Waals surface area contributed by atoms with Crippen LogP contribution >= 0.6 is 11.3 Å². The fourth-order valence-corrected chi connectivity index (χ4v) is 3.37. The lowest BCUT2D eigenvalue weighted by Gasteiger charge is -2.27. The molecule has 2 aromatic heterocycles. The summed E-state index contributed by atoms with van der Waals surface area (Å²) in [6.07, 6.45) is 1.86. The van der Waals surface area contributed by atoms with E-state index in [4.69, 9.17) is 0 Å². The number of pyridine rings is 1. The van der Waals surface area contributed by atoms with Gasteiger partial charge in [0.1, 0.15) is 0 Å². The van der Waals surface area contributed by atoms with Crippen molar-refractivity contribution in [1.82, 2.24) is 14.9 Å². The predicted octanol–water partition coefficient (Wildman–Crippen LogP) is 4.38. The summed E-state index contributed by atoms with van der Waals surface area (Å²) >= 11 is 1.70. The molecule has 0 bridgehead atoms. The maximum atomic E-state index is 4.59. The monoisotopic (exact) mass is 323 g/mol. The summed E-state index contributed by atoms with van der Waals surface area (Å²) < 4.78 is 0. The van der Waals surface area contributed by atoms with Crippen LogP contribution in [-0.4, -0.2) is 21.9 Å². The topological polar surface area (TPSA) is 29.0 Å². The normalized spacial score (nSPS) is 12.5. The first kappa shape index (κ1) is 15.8. The Kier molecular flexibility index (Phi) is 4.84. The summed E-state index contributed by atoms with van der Waals surface area (Å²) in [5.41, 5.74) is 4.70. The van der Waals surface area contributed by atoms with E-state index in [1.54, 1.807) is 11.3 Å². The third-order valence-corrected chi connectivity index (χ3v) is 4.70. The molecular weight excluding hydrogens is 302 g/mol. The van der Waals surface area contributed by atoms with E-state index in [-0.39, 0.29) is 6.04 Å². The van der Waals surface area contributed by atoms with Gasteiger partial charge in [0.25, 0.3) is 0 Å². The van der Waals surface area contributed by atoms with Crippen molar-refractivity contribution in [3.63, 3.8) is 0 Å². The van der Waals surface area contributed by atoms with E-state index >= 15 is 0 Å². The molecule has 0 spiro atoms. The lowest BCUT2D eigenvalue weighted by Crippen LogP contribution is -2.26. The highest BCUT2D eigenvalue weighted by Gasteiger charge is 2.21. The summed E-state index contributed by atoms with van der Waals surface area (Å²) in [6, 6.07) is 14.9. The number of hydrogen-bond acceptors (Lipinski definition) is 4. The number of aryl methyl sites for hydroxylation is 2. The minimum absolute atomic E-state index is 0.124. The Hall–Kier alpha value is -2.04. The molecule has 0 N–H and O–H groups in total. The number of nitrogens with zero attached hydrogens (tertiary/aromatic N) is 3. The molecule has 3 nitrogen and oxygen atoms in total. The molecule has 23 heavy (non-hydrogen) atoms. The zero-order valence-corrected chi connectivity index (χ0v) is 14.5. The van der Waals surface area contributed by atoms with Gasteiger partial charge in [-0.3, -0.25) is 9.88 Å². The van der Waals surface area contributed by atoms with Gasteiger partial charge in [-0.1, -0.05) is 35.9 Å². The van der Waals surface area contributed by atoms with Crippen molar-refractivity contribution < 1.29 is 0 Å². The van der Waals surface area contributed by atoms with Crippen molar-refractivity contribution in [1.29, 1.82) is 0 Å². The summed E-state index contributed by atoms with van der Waals surface area (Å²) in [7, 11) is 2.13. The van der Waals surface area contributed by atoms with Crippen LogP contribution in [0.15, 0.2) is 54.0 Å². The van der Waals surface area contributed by atoms with Gasteiger partial charge in [0.2, 0.25) is 0 Å². The molecule has 3 aromatic rings. The van der Waals surface area contributed by atoms with Crippen LogP contribution in [0.2, 0.25) is 0 Å². The summed E-state index contributed by atoms with van der Waals surface area (Å²) in [5.74, 6) is 0. The largest absolute Gasteiger partial charge is 0.288 e. The molecule has 3 rings (SSSR count). The van der Waals surface area contributed by atoms with E-state index in [2.05, 4.69) is 64.6 Å². The van der Waals surface area contributed by atoms with E-state index < -0.39 is 0 Å². The fourth-order valence-electron chi connectivity index (χ4n) is 2.77. The van der Waals surface area contributed by atoms with E-state index in [0.717, 1.165) is 22.9 Å². The van der Waals surface area contributed by atoms with Crippen LogP contribution in [0.1, 0.15) is 33.6 Å². The van der Waals surface area contributed by atoms with Crippen LogP contribution < -0.4 is 0 Å². The maximum absolute atomic E-state index is 4.59. The Morgan fingerprint density at radius 1 is 1.09 bits per heavy atom. The van der Waals surface area contributed by atoms with Gasteiger partial charge in [0.15, 0.2) is 0 Å². The highest BCUT2D eigenvalue weighted by atomic mass is 32.1. The first-order valence-electron chi connectivity index (χ1n) is 7.72. The van der Waals surface area contributed by atoms with E-state index in [1.165, 1.54) is 11.1 Å². The highest BCUT2D eigenvalue weighted by Crippen LogP contribution is 2.28. The molecule has 1 aromatic carbocycles. The van der Waals surface area contributed by atoms with Crippen LogP contribution in [-0.2, 0) is 6.54 Å². The van der Waals surface area contributed by atoms with E-state index in [9.17, 15) is 0 Å². The molecule has 0 saturated heterocycles. The van der Waals surface area contributed by atoms with E-state index in [1.807, 2.05) is 25.3 Å². The van der Waals surface area contributed by atoms with Crippen LogP contribution in [0.3, 0.4) is 0 Å². The Balaban J connectivity index is 1.92. The van der Waals surface area contributed by atoms with Crippen LogP contribution in [0.4, 0.5) is 0 Å². The maximum Gasteiger partial charge on any atom is 0.0897 e. The summed E-state index contributed by atoms with van der Waals surface area (Å²) in [6.45, 7) is 4.96. The number of thiazole rings is 1. The van der Waals surface area contributed by atoms with Gasteiger partial charge in [-0.25, -0.2) is 4.98 Å². The molecule has 0 aliphatic carbocycles. The number of hydrogen-bond donors (Lipinski definition) is 0. The van der Waals surface area contributed by atoms with Crippen molar-refractivity contribution in [2.45, 2.75) is 26.4 Å². The molecular formula is C19H21N3S. The Morgan fingerprint density at radius 2 is 1.87 bits per heavy atom. The third-order valence-electron chi connectivity index (χ3n) is 3.88. The van der Waals surface area contributed by atoms with Crippen LogP contribution in [0.5, 0.6) is 0 Å². The lowest BCUT2D eigenvalue weighted by atomic mass is 10.0. The molecule has 1 atom stereocenters. The van der Waals surface area contributed by atoms with Gasteiger partial charge in [-0.05, 0) is 38.6 Å². The second-order valence-electron chi connectivity index (χ2n) is 5.84. The van der Waals surface area contributed by atoms with Crippen molar-refractivity contribution >= 4 is 11.3 Å². The van der Waals surface area contributed by atoms with Crippen molar-refractivity contribution in [3.05, 3.63) is 81.6 Å². The van der Waals surface area contributed by atoms with Gasteiger partial charge >= 0.3 is 0 Å². The second-order valence-corrected chi connectivity index (χ2v) is 6.90. The SMILES string of the molecule is Cc1ccc([C@@H](c2ccccn2)N(C)Cc2csc(C)n2)cc1. The van der Waals surface area contributed by atoms with Crippen LogP contribution in [0.25, 0.3) is 0 Å². The first-order valence-corrected chi connectivity index (χ1v) is 8.60. The molecule has 0 aliphatic rings. The Morgan fingerprint density at radius 3 is 2.48 bits per heavy atom. The van der Waals surface area contributed by atoms with Gasteiger partial charge in [0.05, 0.1) is 22.4 Å². The quantitative estimate of drug-likeness (QED) is 0.698. The van der Waals surface area contributed by atoms with Gasteiger partial charge < -0.3 is 0 Å². The number of aromatic nitrogens is 2. The molecule has 0 aliphatic heterocycles. The molecule has 0 fully saturated rings. The zero-order valence-electron chi connectivity index (χ0n) is 13.7. The number of benzene rings is 1. The first-order chi connectivity index (χ1) is 11.1. The fraction of sp³-hybridized carbons (Fsp3) is 0.263. The Bertz CT molecular complexity index is 750. The lowest BCUT2D eigenvalue weighted by molar-refractivity contribution is 0.263. The molecule has 0 saturated carbocycles. The van der Waals surface area contributed by atoms with E-state index in [0.29, 0.717) is 0 Å². The summed E-state index contributed by atoms with van der Waals surface area (Å²) in [4.78, 5) is 11.5. The van der Waals surface area contributed by atoms with Crippen LogP contribution in [0, 0.1) is 13.8 Å². The molecule has 2 heterocycles. The third kappa shape index (κ3) is 3.84. The number of rotatable bonds is 5. The van der Waals surface area contributed by atoms with Crippen molar-refractivity contribution in [2.75, 3.05) is 7.05 Å². The average Bonchev–Trinajstić information content (AvgIpc) is 2.95. The molecule has 0 amide bonds. The minimum Gasteiger partial charge on any atom is -0.288 e. The van der Waals surface area contributed by atoms with Crippen molar-refractivity contribution in [2.24, 2.45) is 0 Å². The molecule has 0 radical (unpaired) electrons. The van der Waals surface area contributed by atoms with Gasteiger partial charge in [-0.2, -0.15) is 0 Å². The molecule has 118 valence electrons. The van der Waals surface area contributed by atoms with Crippen molar-refractivity contribution in [3.8, 4) is 0 Å². The Labute approximate surface area is 141 Å².